The maximum Gasteiger partial charge on any atom is 0.274 e. The molecule has 164 valence electrons. The number of hydrogen-bond donors (Lipinski definition) is 4. The van der Waals surface area contributed by atoms with Crippen LogP contribution in [0.3, 0.4) is 0 Å². The maximum atomic E-state index is 12.8. The quantitative estimate of drug-likeness (QED) is 0.433. The minimum absolute atomic E-state index is 0.0140. The third kappa shape index (κ3) is 4.86. The number of anilines is 1. The Morgan fingerprint density at radius 2 is 2.00 bits per heavy atom. The minimum Gasteiger partial charge on any atom is -0.490 e. The first kappa shape index (κ1) is 21.3. The highest BCUT2D eigenvalue weighted by Gasteiger charge is 2.34. The lowest BCUT2D eigenvalue weighted by Crippen LogP contribution is -2.42. The molecule has 1 atom stereocenters. The van der Waals surface area contributed by atoms with E-state index in [1.807, 2.05) is 13.0 Å². The third-order valence-electron chi connectivity index (χ3n) is 6.28. The van der Waals surface area contributed by atoms with Gasteiger partial charge >= 0.3 is 0 Å². The van der Waals surface area contributed by atoms with Gasteiger partial charge in [-0.1, -0.05) is 13.0 Å². The summed E-state index contributed by atoms with van der Waals surface area (Å²) in [6, 6.07) is 8.98. The molecule has 1 aromatic heterocycles. The van der Waals surface area contributed by atoms with Crippen LogP contribution in [0.5, 0.6) is 5.75 Å². The topological polar surface area (TPSA) is 113 Å². The van der Waals surface area contributed by atoms with Crippen LogP contribution in [0, 0.1) is 5.41 Å². The van der Waals surface area contributed by atoms with Crippen molar-refractivity contribution in [3.05, 3.63) is 53.2 Å². The molecule has 1 saturated heterocycles. The fourth-order valence-electron chi connectivity index (χ4n) is 4.25. The van der Waals surface area contributed by atoms with Crippen LogP contribution in [-0.2, 0) is 17.6 Å². The molecule has 4 N–H and O–H groups in total. The number of hydroxylamine groups is 1. The van der Waals surface area contributed by atoms with E-state index >= 15 is 0 Å². The molecule has 1 aliphatic heterocycles. The van der Waals surface area contributed by atoms with Crippen molar-refractivity contribution in [1.29, 1.82) is 0 Å². The van der Waals surface area contributed by atoms with Gasteiger partial charge in [-0.05, 0) is 68.1 Å². The number of aromatic nitrogens is 1. The zero-order valence-corrected chi connectivity index (χ0v) is 17.6. The van der Waals surface area contributed by atoms with Gasteiger partial charge < -0.3 is 15.4 Å². The van der Waals surface area contributed by atoms with Crippen LogP contribution in [0.1, 0.15) is 47.7 Å². The van der Waals surface area contributed by atoms with E-state index in [-0.39, 0.29) is 12.0 Å². The van der Waals surface area contributed by atoms with E-state index in [2.05, 4.69) is 15.6 Å². The Kier molecular flexibility index (Phi) is 6.20. The number of ether oxygens (including phenoxy) is 1. The molecule has 1 aliphatic carbocycles. The molecule has 2 aliphatic rings. The summed E-state index contributed by atoms with van der Waals surface area (Å²) < 4.78 is 6.18. The van der Waals surface area contributed by atoms with E-state index in [4.69, 9.17) is 9.94 Å². The number of nitrogens with one attached hydrogen (secondary N) is 3. The summed E-state index contributed by atoms with van der Waals surface area (Å²) in [5, 5.41) is 15.1. The number of piperidine rings is 1. The highest BCUT2D eigenvalue weighted by atomic mass is 16.5. The summed E-state index contributed by atoms with van der Waals surface area (Å²) in [6.45, 7) is 3.67. The number of amides is 2. The van der Waals surface area contributed by atoms with Crippen molar-refractivity contribution < 1.29 is 19.5 Å². The summed E-state index contributed by atoms with van der Waals surface area (Å²) in [5.74, 6) is 0.599. The summed E-state index contributed by atoms with van der Waals surface area (Å²) in [7, 11) is 0. The van der Waals surface area contributed by atoms with Crippen molar-refractivity contribution in [3.8, 4) is 5.75 Å². The zero-order valence-electron chi connectivity index (χ0n) is 17.6. The van der Waals surface area contributed by atoms with E-state index in [9.17, 15) is 9.59 Å². The Hall–Kier alpha value is -2.97. The highest BCUT2D eigenvalue weighted by molar-refractivity contribution is 5.94. The van der Waals surface area contributed by atoms with Gasteiger partial charge in [0.15, 0.2) is 0 Å². The SMILES string of the molecule is CC1(C(=O)Nc2cc(OC3CCc4ccc(C(=O)NO)cc4C3)ccn2)CCNCC1. The molecule has 0 saturated carbocycles. The van der Waals surface area contributed by atoms with Crippen molar-refractivity contribution in [3.63, 3.8) is 0 Å². The fraction of sp³-hybridized carbons (Fsp3) is 0.435. The molecule has 1 unspecified atom stereocenters. The number of aryl methyl sites for hydroxylation is 1. The van der Waals surface area contributed by atoms with Gasteiger partial charge in [0.1, 0.15) is 17.7 Å². The Morgan fingerprint density at radius 1 is 1.19 bits per heavy atom. The van der Waals surface area contributed by atoms with Crippen LogP contribution in [0.2, 0.25) is 0 Å². The number of rotatable bonds is 5. The number of fused-ring (bicyclic) bond motifs is 1. The highest BCUT2D eigenvalue weighted by Crippen LogP contribution is 2.30. The van der Waals surface area contributed by atoms with E-state index in [0.717, 1.165) is 44.3 Å². The van der Waals surface area contributed by atoms with E-state index in [1.165, 1.54) is 5.56 Å². The smallest absolute Gasteiger partial charge is 0.274 e. The van der Waals surface area contributed by atoms with Gasteiger partial charge in [-0.25, -0.2) is 10.5 Å². The molecule has 31 heavy (non-hydrogen) atoms. The standard InChI is InChI=1S/C23H28N4O4/c1-23(7-10-24-11-8-23)22(29)26-20-14-19(6-9-25-20)31-18-5-4-15-2-3-16(21(28)27-30)12-17(15)13-18/h2-3,6,9,12,14,18,24,30H,4-5,7-8,10-11,13H2,1H3,(H,27,28)(H,25,26,29). The zero-order chi connectivity index (χ0) is 21.8. The van der Waals surface area contributed by atoms with Gasteiger partial charge in [0.25, 0.3) is 5.91 Å². The number of carbonyl (C=O) groups is 2. The number of nitrogens with zero attached hydrogens (tertiary/aromatic N) is 1. The predicted molar refractivity (Wildman–Crippen MR) is 115 cm³/mol. The van der Waals surface area contributed by atoms with Crippen molar-refractivity contribution in [2.75, 3.05) is 18.4 Å². The summed E-state index contributed by atoms with van der Waals surface area (Å²) in [4.78, 5) is 28.7. The second-order valence-corrected chi connectivity index (χ2v) is 8.55. The molecule has 0 bridgehead atoms. The lowest BCUT2D eigenvalue weighted by molar-refractivity contribution is -0.126. The average Bonchev–Trinajstić information content (AvgIpc) is 2.79. The molecule has 0 radical (unpaired) electrons. The maximum absolute atomic E-state index is 12.8. The van der Waals surface area contributed by atoms with Crippen molar-refractivity contribution in [1.82, 2.24) is 15.8 Å². The molecular formula is C23H28N4O4. The van der Waals surface area contributed by atoms with Gasteiger partial charge in [0.2, 0.25) is 5.91 Å². The third-order valence-corrected chi connectivity index (χ3v) is 6.28. The van der Waals surface area contributed by atoms with Crippen molar-refractivity contribution in [2.24, 2.45) is 5.41 Å². The van der Waals surface area contributed by atoms with Gasteiger partial charge in [0, 0.05) is 29.7 Å². The van der Waals surface area contributed by atoms with E-state index in [1.54, 1.807) is 35.9 Å². The van der Waals surface area contributed by atoms with Gasteiger partial charge in [-0.15, -0.1) is 0 Å². The van der Waals surface area contributed by atoms with Crippen LogP contribution >= 0.6 is 0 Å². The second kappa shape index (κ2) is 9.03. The molecule has 2 heterocycles. The van der Waals surface area contributed by atoms with Crippen molar-refractivity contribution >= 4 is 17.6 Å². The number of hydrogen-bond acceptors (Lipinski definition) is 6. The average molecular weight is 425 g/mol. The monoisotopic (exact) mass is 424 g/mol. The van der Waals surface area contributed by atoms with Gasteiger partial charge in [-0.3, -0.25) is 14.8 Å². The van der Waals surface area contributed by atoms with Crippen LogP contribution in [0.25, 0.3) is 0 Å². The summed E-state index contributed by atoms with van der Waals surface area (Å²) in [6.07, 6.45) is 5.55. The van der Waals surface area contributed by atoms with Crippen molar-refractivity contribution in [2.45, 2.75) is 45.1 Å². The van der Waals surface area contributed by atoms with Crippen LogP contribution in [-0.4, -0.2) is 41.2 Å². The molecule has 0 spiro atoms. The normalized spacial score (nSPS) is 19.7. The van der Waals surface area contributed by atoms with Gasteiger partial charge in [-0.2, -0.15) is 0 Å². The first-order valence-corrected chi connectivity index (χ1v) is 10.7. The number of carbonyl (C=O) groups excluding carboxylic acids is 2. The van der Waals surface area contributed by atoms with Crippen LogP contribution in [0.15, 0.2) is 36.5 Å². The molecule has 2 aromatic rings. The fourth-order valence-corrected chi connectivity index (χ4v) is 4.25. The predicted octanol–water partition coefficient (Wildman–Crippen LogP) is 2.47. The van der Waals surface area contributed by atoms with Gasteiger partial charge in [0.05, 0.1) is 0 Å². The summed E-state index contributed by atoms with van der Waals surface area (Å²) in [5.41, 5.74) is 3.93. The molecule has 1 fully saturated rings. The molecule has 2 amide bonds. The Labute approximate surface area is 181 Å². The first-order chi connectivity index (χ1) is 15.0. The molecular weight excluding hydrogens is 396 g/mol. The van der Waals surface area contributed by atoms with Crippen LogP contribution < -0.4 is 20.9 Å². The number of benzene rings is 1. The van der Waals surface area contributed by atoms with E-state index in [0.29, 0.717) is 23.6 Å². The van der Waals surface area contributed by atoms with E-state index < -0.39 is 11.3 Å². The molecule has 8 nitrogen and oxygen atoms in total. The lowest BCUT2D eigenvalue weighted by atomic mass is 9.80. The van der Waals surface area contributed by atoms with Crippen LogP contribution in [0.4, 0.5) is 5.82 Å². The second-order valence-electron chi connectivity index (χ2n) is 8.55. The Morgan fingerprint density at radius 3 is 2.77 bits per heavy atom. The molecule has 4 rings (SSSR count). The lowest BCUT2D eigenvalue weighted by Gasteiger charge is -2.32. The minimum atomic E-state index is -0.525. The molecule has 8 heteroatoms. The largest absolute Gasteiger partial charge is 0.490 e. The first-order valence-electron chi connectivity index (χ1n) is 10.7. The number of pyridine rings is 1. The molecule has 1 aromatic carbocycles. The Balaban J connectivity index is 1.41. The Bertz CT molecular complexity index is 972. The summed E-state index contributed by atoms with van der Waals surface area (Å²) >= 11 is 0.